The van der Waals surface area contributed by atoms with Crippen LogP contribution in [0.1, 0.15) is 32.6 Å². The molecule has 0 saturated heterocycles. The zero-order chi connectivity index (χ0) is 13.6. The summed E-state index contributed by atoms with van der Waals surface area (Å²) in [4.78, 5) is 13.8. The Bertz CT molecular complexity index is 269. The van der Waals surface area contributed by atoms with Crippen LogP contribution in [0.25, 0.3) is 0 Å². The Kier molecular flexibility index (Phi) is 6.05. The number of carboxylic acids is 1. The predicted molar refractivity (Wildman–Crippen MR) is 70.8 cm³/mol. The number of likely N-dealkylation sites (N-methyl/N-ethyl adjacent to an activating group) is 2. The van der Waals surface area contributed by atoms with Gasteiger partial charge in [-0.05, 0) is 39.3 Å². The van der Waals surface area contributed by atoms with E-state index in [-0.39, 0.29) is 0 Å². The lowest BCUT2D eigenvalue weighted by Crippen LogP contribution is -2.58. The van der Waals surface area contributed by atoms with Crippen molar-refractivity contribution >= 4 is 5.97 Å². The molecule has 0 radical (unpaired) electrons. The predicted octanol–water partition coefficient (Wildman–Crippen LogP) is 0.940. The van der Waals surface area contributed by atoms with Crippen LogP contribution in [0.2, 0.25) is 0 Å². The summed E-state index contributed by atoms with van der Waals surface area (Å²) in [5.41, 5.74) is -0.737. The maximum absolute atomic E-state index is 11.5. The second-order valence-corrected chi connectivity index (χ2v) is 5.14. The number of carboxylic acid groups (broad SMARTS) is 1. The third-order valence-corrected chi connectivity index (χ3v) is 3.92. The zero-order valence-corrected chi connectivity index (χ0v) is 11.7. The molecule has 2 unspecified atom stereocenters. The van der Waals surface area contributed by atoms with E-state index in [1.54, 1.807) is 7.11 Å². The van der Waals surface area contributed by atoms with Crippen molar-refractivity contribution in [1.29, 1.82) is 0 Å². The molecule has 1 rings (SSSR count). The van der Waals surface area contributed by atoms with Gasteiger partial charge in [-0.15, -0.1) is 0 Å². The number of hydrogen-bond donors (Lipinski definition) is 2. The van der Waals surface area contributed by atoms with Crippen molar-refractivity contribution in [2.75, 3.05) is 33.9 Å². The summed E-state index contributed by atoms with van der Waals surface area (Å²) in [6.07, 6.45) is 3.43. The fourth-order valence-corrected chi connectivity index (χ4v) is 2.81. The van der Waals surface area contributed by atoms with E-state index in [2.05, 4.69) is 10.2 Å². The molecule has 1 saturated carbocycles. The SMILES string of the molecule is CCNC1(C(=O)O)CCCC(N(C)CCOC)C1. The molecule has 0 aromatic rings. The van der Waals surface area contributed by atoms with Gasteiger partial charge in [0.25, 0.3) is 0 Å². The van der Waals surface area contributed by atoms with E-state index >= 15 is 0 Å². The summed E-state index contributed by atoms with van der Waals surface area (Å²) in [5, 5.41) is 12.7. The third-order valence-electron chi connectivity index (χ3n) is 3.92. The molecule has 0 heterocycles. The molecule has 1 aliphatic carbocycles. The Morgan fingerprint density at radius 3 is 2.89 bits per heavy atom. The van der Waals surface area contributed by atoms with Crippen molar-refractivity contribution in [3.63, 3.8) is 0 Å². The second kappa shape index (κ2) is 7.07. The smallest absolute Gasteiger partial charge is 0.323 e. The number of nitrogens with zero attached hydrogens (tertiary/aromatic N) is 1. The van der Waals surface area contributed by atoms with E-state index in [1.165, 1.54) is 0 Å². The first kappa shape index (κ1) is 15.4. The van der Waals surface area contributed by atoms with E-state index in [9.17, 15) is 9.90 Å². The number of rotatable bonds is 7. The lowest BCUT2D eigenvalue weighted by molar-refractivity contribution is -0.147. The largest absolute Gasteiger partial charge is 0.480 e. The van der Waals surface area contributed by atoms with Crippen molar-refractivity contribution in [2.24, 2.45) is 0 Å². The molecule has 0 bridgehead atoms. The summed E-state index contributed by atoms with van der Waals surface area (Å²) in [6.45, 7) is 4.20. The van der Waals surface area contributed by atoms with Crippen molar-refractivity contribution in [3.8, 4) is 0 Å². The Morgan fingerprint density at radius 2 is 2.33 bits per heavy atom. The number of hydrogen-bond acceptors (Lipinski definition) is 4. The lowest BCUT2D eigenvalue weighted by atomic mass is 9.78. The molecule has 18 heavy (non-hydrogen) atoms. The quantitative estimate of drug-likeness (QED) is 0.711. The highest BCUT2D eigenvalue weighted by Gasteiger charge is 2.43. The maximum atomic E-state index is 11.5. The van der Waals surface area contributed by atoms with E-state index < -0.39 is 11.5 Å². The first-order valence-electron chi connectivity index (χ1n) is 6.73. The summed E-state index contributed by atoms with van der Waals surface area (Å²) in [7, 11) is 3.74. The van der Waals surface area contributed by atoms with Crippen molar-refractivity contribution in [1.82, 2.24) is 10.2 Å². The zero-order valence-electron chi connectivity index (χ0n) is 11.7. The average Bonchev–Trinajstić information content (AvgIpc) is 2.36. The molecule has 1 aliphatic rings. The summed E-state index contributed by atoms with van der Waals surface area (Å²) < 4.78 is 5.08. The van der Waals surface area contributed by atoms with Crippen LogP contribution in [0.15, 0.2) is 0 Å². The van der Waals surface area contributed by atoms with Crippen LogP contribution in [-0.2, 0) is 9.53 Å². The van der Waals surface area contributed by atoms with Gasteiger partial charge in [-0.1, -0.05) is 6.92 Å². The standard InChI is InChI=1S/C13H26N2O3/c1-4-14-13(12(16)17)7-5-6-11(10-13)15(2)8-9-18-3/h11,14H,4-10H2,1-3H3,(H,16,17). The first-order chi connectivity index (χ1) is 8.55. The molecular formula is C13H26N2O3. The molecule has 106 valence electrons. The summed E-state index contributed by atoms with van der Waals surface area (Å²) in [5.74, 6) is -0.714. The fourth-order valence-electron chi connectivity index (χ4n) is 2.81. The van der Waals surface area contributed by atoms with Crippen LogP contribution in [0.4, 0.5) is 0 Å². The number of aliphatic carboxylic acids is 1. The first-order valence-corrected chi connectivity index (χ1v) is 6.73. The normalized spacial score (nSPS) is 28.6. The highest BCUT2D eigenvalue weighted by molar-refractivity contribution is 5.79. The summed E-state index contributed by atoms with van der Waals surface area (Å²) in [6, 6.07) is 0.323. The van der Waals surface area contributed by atoms with Crippen molar-refractivity contribution in [3.05, 3.63) is 0 Å². The highest BCUT2D eigenvalue weighted by Crippen LogP contribution is 2.31. The van der Waals surface area contributed by atoms with Gasteiger partial charge >= 0.3 is 5.97 Å². The van der Waals surface area contributed by atoms with Gasteiger partial charge in [0.15, 0.2) is 0 Å². The Balaban J connectivity index is 2.65. The number of carbonyl (C=O) groups is 1. The van der Waals surface area contributed by atoms with Crippen LogP contribution < -0.4 is 5.32 Å². The third kappa shape index (κ3) is 3.67. The van der Waals surface area contributed by atoms with Crippen molar-refractivity contribution < 1.29 is 14.6 Å². The number of nitrogens with one attached hydrogen (secondary N) is 1. The van der Waals surface area contributed by atoms with Crippen LogP contribution in [0, 0.1) is 0 Å². The van der Waals surface area contributed by atoms with E-state index in [0.717, 1.165) is 25.8 Å². The van der Waals surface area contributed by atoms with E-state index in [4.69, 9.17) is 4.74 Å². The van der Waals surface area contributed by atoms with E-state index in [1.807, 2.05) is 14.0 Å². The maximum Gasteiger partial charge on any atom is 0.323 e. The Hall–Kier alpha value is -0.650. The minimum Gasteiger partial charge on any atom is -0.480 e. The molecule has 0 spiro atoms. The van der Waals surface area contributed by atoms with Gasteiger partial charge in [0.2, 0.25) is 0 Å². The summed E-state index contributed by atoms with van der Waals surface area (Å²) >= 11 is 0. The molecule has 0 aromatic heterocycles. The molecule has 5 nitrogen and oxygen atoms in total. The minimum absolute atomic E-state index is 0.323. The topological polar surface area (TPSA) is 61.8 Å². The molecule has 2 atom stereocenters. The van der Waals surface area contributed by atoms with Crippen LogP contribution in [0.5, 0.6) is 0 Å². The van der Waals surface area contributed by atoms with Gasteiger partial charge < -0.3 is 20.1 Å². The van der Waals surface area contributed by atoms with E-state index in [0.29, 0.717) is 25.6 Å². The molecule has 2 N–H and O–H groups in total. The monoisotopic (exact) mass is 258 g/mol. The van der Waals surface area contributed by atoms with Crippen LogP contribution in [-0.4, -0.2) is 61.4 Å². The second-order valence-electron chi connectivity index (χ2n) is 5.14. The Labute approximate surface area is 109 Å². The molecular weight excluding hydrogens is 232 g/mol. The molecule has 1 fully saturated rings. The molecule has 5 heteroatoms. The van der Waals surface area contributed by atoms with Crippen molar-refractivity contribution in [2.45, 2.75) is 44.2 Å². The fraction of sp³-hybridized carbons (Fsp3) is 0.923. The van der Waals surface area contributed by atoms with Crippen LogP contribution in [0.3, 0.4) is 0 Å². The van der Waals surface area contributed by atoms with Gasteiger partial charge in [0, 0.05) is 19.7 Å². The minimum atomic E-state index is -0.737. The molecule has 0 aromatic carbocycles. The average molecular weight is 258 g/mol. The lowest BCUT2D eigenvalue weighted by Gasteiger charge is -2.41. The Morgan fingerprint density at radius 1 is 1.61 bits per heavy atom. The van der Waals surface area contributed by atoms with Gasteiger partial charge in [-0.3, -0.25) is 4.79 Å². The van der Waals surface area contributed by atoms with Crippen LogP contribution >= 0.6 is 0 Å². The van der Waals surface area contributed by atoms with Gasteiger partial charge in [0.1, 0.15) is 5.54 Å². The number of methoxy groups -OCH3 is 1. The molecule has 0 aliphatic heterocycles. The van der Waals surface area contributed by atoms with Gasteiger partial charge in [0.05, 0.1) is 6.61 Å². The van der Waals surface area contributed by atoms with Gasteiger partial charge in [-0.2, -0.15) is 0 Å². The highest BCUT2D eigenvalue weighted by atomic mass is 16.5. The van der Waals surface area contributed by atoms with Gasteiger partial charge in [-0.25, -0.2) is 0 Å². The molecule has 0 amide bonds. The number of ether oxygens (including phenoxy) is 1.